The van der Waals surface area contributed by atoms with Gasteiger partial charge in [0.1, 0.15) is 0 Å². The lowest BCUT2D eigenvalue weighted by atomic mass is 10.3. The van der Waals surface area contributed by atoms with Crippen molar-refractivity contribution in [2.75, 3.05) is 13.6 Å². The van der Waals surface area contributed by atoms with Crippen LogP contribution < -0.4 is 0 Å². The van der Waals surface area contributed by atoms with Gasteiger partial charge in [-0.15, -0.1) is 0 Å². The summed E-state index contributed by atoms with van der Waals surface area (Å²) in [7, 11) is 1.84. The Bertz CT molecular complexity index is 605. The Kier molecular flexibility index (Phi) is 4.32. The lowest BCUT2D eigenvalue weighted by molar-refractivity contribution is -0.132. The van der Waals surface area contributed by atoms with Crippen molar-refractivity contribution in [2.45, 2.75) is 6.54 Å². The second-order valence-corrected chi connectivity index (χ2v) is 4.67. The normalized spacial score (nSPS) is 10.7. The van der Waals surface area contributed by atoms with E-state index in [1.165, 1.54) is 0 Å². The second kappa shape index (κ2) is 6.16. The van der Waals surface area contributed by atoms with Crippen LogP contribution in [-0.4, -0.2) is 39.3 Å². The van der Waals surface area contributed by atoms with E-state index >= 15 is 0 Å². The van der Waals surface area contributed by atoms with E-state index in [0.717, 1.165) is 11.4 Å². The minimum Gasteiger partial charge on any atom is -0.478 e. The molecule has 20 heavy (non-hydrogen) atoms. The van der Waals surface area contributed by atoms with Gasteiger partial charge >= 0.3 is 5.97 Å². The highest BCUT2D eigenvalue weighted by Gasteiger charge is 2.09. The maximum atomic E-state index is 10.7. The third-order valence-corrected chi connectivity index (χ3v) is 2.86. The third-order valence-electron chi connectivity index (χ3n) is 2.86. The molecule has 0 bridgehead atoms. The maximum absolute atomic E-state index is 10.7. The number of likely N-dealkylation sites (N-methyl/N-ethyl adjacent to an activating group) is 1. The fraction of sp³-hybridized carbons (Fsp3) is 0.200. The number of carboxylic acid groups (broad SMARTS) is 1. The molecule has 104 valence electrons. The van der Waals surface area contributed by atoms with Crippen LogP contribution in [0, 0.1) is 0 Å². The number of hydrogen-bond acceptors (Lipinski definition) is 3. The van der Waals surface area contributed by atoms with Crippen molar-refractivity contribution in [3.8, 4) is 5.69 Å². The first-order valence-electron chi connectivity index (χ1n) is 6.26. The van der Waals surface area contributed by atoms with Crippen molar-refractivity contribution >= 4 is 5.97 Å². The van der Waals surface area contributed by atoms with E-state index in [2.05, 4.69) is 11.7 Å². The molecule has 0 aliphatic carbocycles. The number of carboxylic acids is 1. The van der Waals surface area contributed by atoms with E-state index in [9.17, 15) is 4.79 Å². The van der Waals surface area contributed by atoms with Gasteiger partial charge in [0.2, 0.25) is 0 Å². The van der Waals surface area contributed by atoms with Crippen molar-refractivity contribution in [3.63, 3.8) is 0 Å². The minimum atomic E-state index is -0.966. The molecule has 1 N–H and O–H groups in total. The first-order chi connectivity index (χ1) is 9.56. The zero-order valence-electron chi connectivity index (χ0n) is 11.4. The number of aliphatic carboxylic acids is 1. The largest absolute Gasteiger partial charge is 0.478 e. The molecular formula is C15H17N3O2. The van der Waals surface area contributed by atoms with Gasteiger partial charge < -0.3 is 5.11 Å². The van der Waals surface area contributed by atoms with Gasteiger partial charge in [0.15, 0.2) is 0 Å². The zero-order chi connectivity index (χ0) is 14.5. The van der Waals surface area contributed by atoms with Gasteiger partial charge in [0.05, 0.1) is 11.4 Å². The zero-order valence-corrected chi connectivity index (χ0v) is 11.4. The second-order valence-electron chi connectivity index (χ2n) is 4.67. The molecule has 1 aromatic heterocycles. The molecule has 0 radical (unpaired) electrons. The third kappa shape index (κ3) is 3.55. The van der Waals surface area contributed by atoms with Crippen LogP contribution in [0.3, 0.4) is 0 Å². The molecule has 0 saturated carbocycles. The van der Waals surface area contributed by atoms with Gasteiger partial charge in [0.25, 0.3) is 0 Å². The van der Waals surface area contributed by atoms with Crippen molar-refractivity contribution in [1.82, 2.24) is 14.7 Å². The summed E-state index contributed by atoms with van der Waals surface area (Å²) in [5.41, 5.74) is 2.06. The monoisotopic (exact) mass is 271 g/mol. The molecular weight excluding hydrogens is 254 g/mol. The van der Waals surface area contributed by atoms with Crippen LogP contribution in [0.5, 0.6) is 0 Å². The molecule has 2 aromatic rings. The minimum absolute atomic E-state index is 0.176. The lowest BCUT2D eigenvalue weighted by Gasteiger charge is -2.14. The van der Waals surface area contributed by atoms with Gasteiger partial charge in [-0.2, -0.15) is 5.10 Å². The molecule has 0 atom stereocenters. The molecule has 1 heterocycles. The highest BCUT2D eigenvalue weighted by Crippen LogP contribution is 2.08. The number of para-hydroxylation sites is 1. The SMILES string of the molecule is C=C(CN(C)Cc1ccn(-c2ccccc2)n1)C(=O)O. The fourth-order valence-electron chi connectivity index (χ4n) is 1.90. The highest BCUT2D eigenvalue weighted by molar-refractivity contribution is 5.86. The number of aromatic nitrogens is 2. The molecule has 0 aliphatic heterocycles. The van der Waals surface area contributed by atoms with Crippen LogP contribution >= 0.6 is 0 Å². The first kappa shape index (κ1) is 14.0. The summed E-state index contributed by atoms with van der Waals surface area (Å²) in [6.07, 6.45) is 1.89. The molecule has 0 amide bonds. The number of carbonyl (C=O) groups is 1. The summed E-state index contributed by atoms with van der Waals surface area (Å²) in [5, 5.41) is 13.3. The molecule has 0 spiro atoms. The standard InChI is InChI=1S/C15H17N3O2/c1-12(15(19)20)10-17(2)11-13-8-9-18(16-13)14-6-4-3-5-7-14/h3-9H,1,10-11H2,2H3,(H,19,20). The Morgan fingerprint density at radius 3 is 2.70 bits per heavy atom. The Balaban J connectivity index is 2.00. The van der Waals surface area contributed by atoms with Crippen molar-refractivity contribution in [2.24, 2.45) is 0 Å². The Morgan fingerprint density at radius 1 is 1.35 bits per heavy atom. The Hall–Kier alpha value is -2.40. The van der Waals surface area contributed by atoms with Crippen molar-refractivity contribution in [1.29, 1.82) is 0 Å². The maximum Gasteiger partial charge on any atom is 0.332 e. The van der Waals surface area contributed by atoms with E-state index in [1.807, 2.05) is 54.5 Å². The van der Waals surface area contributed by atoms with Gasteiger partial charge in [-0.3, -0.25) is 4.90 Å². The van der Waals surface area contributed by atoms with E-state index in [-0.39, 0.29) is 5.57 Å². The van der Waals surface area contributed by atoms with Gasteiger partial charge in [-0.1, -0.05) is 24.8 Å². The quantitative estimate of drug-likeness (QED) is 0.816. The van der Waals surface area contributed by atoms with Gasteiger partial charge in [0, 0.05) is 24.9 Å². The summed E-state index contributed by atoms with van der Waals surface area (Å²) in [6, 6.07) is 11.8. The van der Waals surface area contributed by atoms with E-state index < -0.39 is 5.97 Å². The average Bonchev–Trinajstić information content (AvgIpc) is 2.88. The van der Waals surface area contributed by atoms with Crippen LogP contribution in [-0.2, 0) is 11.3 Å². The van der Waals surface area contributed by atoms with E-state index in [4.69, 9.17) is 5.11 Å². The summed E-state index contributed by atoms with van der Waals surface area (Å²) >= 11 is 0. The van der Waals surface area contributed by atoms with Crippen molar-refractivity contribution in [3.05, 3.63) is 60.4 Å². The lowest BCUT2D eigenvalue weighted by Crippen LogP contribution is -2.23. The molecule has 0 aliphatic rings. The van der Waals surface area contributed by atoms with Crippen LogP contribution in [0.15, 0.2) is 54.7 Å². The number of nitrogens with zero attached hydrogens (tertiary/aromatic N) is 3. The number of rotatable bonds is 6. The molecule has 1 aromatic carbocycles. The predicted molar refractivity (Wildman–Crippen MR) is 76.7 cm³/mol. The highest BCUT2D eigenvalue weighted by atomic mass is 16.4. The smallest absolute Gasteiger partial charge is 0.332 e. The number of hydrogen-bond donors (Lipinski definition) is 1. The van der Waals surface area contributed by atoms with Crippen LogP contribution in [0.1, 0.15) is 5.69 Å². The van der Waals surface area contributed by atoms with Crippen LogP contribution in [0.25, 0.3) is 5.69 Å². The van der Waals surface area contributed by atoms with Crippen LogP contribution in [0.4, 0.5) is 0 Å². The summed E-state index contributed by atoms with van der Waals surface area (Å²) in [4.78, 5) is 12.6. The van der Waals surface area contributed by atoms with Crippen LogP contribution in [0.2, 0.25) is 0 Å². The molecule has 5 nitrogen and oxygen atoms in total. The fourth-order valence-corrected chi connectivity index (χ4v) is 1.90. The van der Waals surface area contributed by atoms with Crippen molar-refractivity contribution < 1.29 is 9.90 Å². The topological polar surface area (TPSA) is 58.4 Å². The molecule has 0 unspecified atom stereocenters. The molecule has 5 heteroatoms. The first-order valence-corrected chi connectivity index (χ1v) is 6.26. The summed E-state index contributed by atoms with van der Waals surface area (Å²) in [5.74, 6) is -0.966. The summed E-state index contributed by atoms with van der Waals surface area (Å²) < 4.78 is 1.80. The van der Waals surface area contributed by atoms with Gasteiger partial charge in [-0.25, -0.2) is 9.48 Å². The molecule has 0 fully saturated rings. The molecule has 2 rings (SSSR count). The Morgan fingerprint density at radius 2 is 2.05 bits per heavy atom. The molecule has 0 saturated heterocycles. The predicted octanol–water partition coefficient (Wildman–Crippen LogP) is 1.94. The number of benzene rings is 1. The average molecular weight is 271 g/mol. The Labute approximate surface area is 117 Å². The van der Waals surface area contributed by atoms with E-state index in [1.54, 1.807) is 4.68 Å². The van der Waals surface area contributed by atoms with Gasteiger partial charge in [-0.05, 0) is 25.2 Å². The van der Waals surface area contributed by atoms with E-state index in [0.29, 0.717) is 13.1 Å². The summed E-state index contributed by atoms with van der Waals surface area (Å²) in [6.45, 7) is 4.41.